The summed E-state index contributed by atoms with van der Waals surface area (Å²) in [7, 11) is -4.84. The van der Waals surface area contributed by atoms with Gasteiger partial charge in [-0.15, -0.1) is 6.92 Å². The minimum Gasteiger partial charge on any atom is -0.481 e. The fourth-order valence-electron chi connectivity index (χ4n) is 1.03. The van der Waals surface area contributed by atoms with Crippen molar-refractivity contribution in [3.05, 3.63) is 18.6 Å². The fourth-order valence-corrected chi connectivity index (χ4v) is 1.63. The molecular weight excluding hydrogens is 311 g/mol. The molecule has 3 N–H and O–H groups in total. The van der Waals surface area contributed by atoms with Crippen LogP contribution in [-0.2, 0) is 19.7 Å². The summed E-state index contributed by atoms with van der Waals surface area (Å²) in [4.78, 5) is 20.0. The van der Waals surface area contributed by atoms with Crippen LogP contribution in [0.25, 0.3) is 0 Å². The minimum atomic E-state index is -4.84. The molecule has 0 amide bonds. The third-order valence-corrected chi connectivity index (χ3v) is 3.34. The standard InChI is InChI=1S/C8H15.C4H6O7S.Na/c1-4-6-7-8(3)5-2;5-3(6)1-2(4(7)8)12(9,10)11;/h5H,3-4,6-7H2,1-2H3;2H,1H2,(H,5,6)(H,7,8)(H,9,10,11);/q-1;;+1. The van der Waals surface area contributed by atoms with Gasteiger partial charge >= 0.3 is 41.5 Å². The average Bonchev–Trinajstić information content (AvgIpc) is 2.31. The van der Waals surface area contributed by atoms with Crippen LogP contribution >= 0.6 is 0 Å². The molecule has 9 heteroatoms. The van der Waals surface area contributed by atoms with Gasteiger partial charge in [-0.25, -0.2) is 18.6 Å². The first-order valence-electron chi connectivity index (χ1n) is 5.94. The Hall–Kier alpha value is -0.540. The number of unbranched alkanes of at least 4 members (excludes halogenated alkanes) is 1. The molecule has 0 aliphatic rings. The topological polar surface area (TPSA) is 129 Å². The van der Waals surface area contributed by atoms with Crippen LogP contribution in [-0.4, -0.2) is 40.4 Å². The predicted octanol–water partition coefficient (Wildman–Crippen LogP) is -1.24. The summed E-state index contributed by atoms with van der Waals surface area (Å²) in [5, 5.41) is 13.9. The fraction of sp³-hybridized carbons (Fsp3) is 0.583. The zero-order chi connectivity index (χ0) is 16.3. The molecule has 118 valence electrons. The first kappa shape index (κ1) is 25.4. The van der Waals surface area contributed by atoms with Crippen LogP contribution < -0.4 is 29.6 Å². The first-order chi connectivity index (χ1) is 9.06. The van der Waals surface area contributed by atoms with Gasteiger partial charge in [-0.1, -0.05) is 26.2 Å². The summed E-state index contributed by atoms with van der Waals surface area (Å²) in [6, 6.07) is 0. The van der Waals surface area contributed by atoms with Crippen LogP contribution in [0.1, 0.15) is 39.5 Å². The molecule has 0 aromatic carbocycles. The van der Waals surface area contributed by atoms with Crippen LogP contribution in [0.4, 0.5) is 0 Å². The maximum absolute atomic E-state index is 10.2. The SMILES string of the molecule is O=C(O)CC(C(=O)O)S(=O)(=O)O.[CH2-]C(=CC)CCCC.[Na+]. The van der Waals surface area contributed by atoms with E-state index in [0.717, 1.165) is 0 Å². The number of carbonyl (C=O) groups is 2. The largest absolute Gasteiger partial charge is 1.00 e. The third-order valence-electron chi connectivity index (χ3n) is 2.25. The number of allylic oxidation sites excluding steroid dienone is 2. The van der Waals surface area contributed by atoms with Gasteiger partial charge in [0.2, 0.25) is 0 Å². The summed E-state index contributed by atoms with van der Waals surface area (Å²) >= 11 is 0. The summed E-state index contributed by atoms with van der Waals surface area (Å²) in [5.74, 6) is -3.50. The number of hydrogen-bond donors (Lipinski definition) is 3. The summed E-state index contributed by atoms with van der Waals surface area (Å²) < 4.78 is 28.7. The minimum absolute atomic E-state index is 0. The van der Waals surface area contributed by atoms with Gasteiger partial charge in [0.15, 0.2) is 5.25 Å². The normalized spacial score (nSPS) is 12.4. The zero-order valence-electron chi connectivity index (χ0n) is 12.6. The molecule has 0 saturated carbocycles. The second-order valence-corrected chi connectivity index (χ2v) is 5.59. The van der Waals surface area contributed by atoms with Crippen LogP contribution in [0.15, 0.2) is 11.6 Å². The van der Waals surface area contributed by atoms with Gasteiger partial charge in [0.05, 0.1) is 6.42 Å². The Morgan fingerprint density at radius 3 is 1.95 bits per heavy atom. The molecule has 0 spiro atoms. The molecule has 1 unspecified atom stereocenters. The third kappa shape index (κ3) is 15.7. The van der Waals surface area contributed by atoms with E-state index in [1.54, 1.807) is 0 Å². The van der Waals surface area contributed by atoms with Crippen molar-refractivity contribution < 1.29 is 62.3 Å². The van der Waals surface area contributed by atoms with E-state index < -0.39 is 33.7 Å². The van der Waals surface area contributed by atoms with Crippen molar-refractivity contribution in [3.8, 4) is 0 Å². The van der Waals surface area contributed by atoms with E-state index in [1.165, 1.54) is 24.8 Å². The van der Waals surface area contributed by atoms with E-state index >= 15 is 0 Å². The van der Waals surface area contributed by atoms with Crippen LogP contribution in [0.3, 0.4) is 0 Å². The van der Waals surface area contributed by atoms with Crippen LogP contribution in [0.5, 0.6) is 0 Å². The molecule has 7 nitrogen and oxygen atoms in total. The number of aliphatic carboxylic acids is 2. The quantitative estimate of drug-likeness (QED) is 0.302. The molecule has 21 heavy (non-hydrogen) atoms. The second-order valence-electron chi connectivity index (χ2n) is 3.99. The summed E-state index contributed by atoms with van der Waals surface area (Å²) in [6.45, 7) is 8.09. The maximum atomic E-state index is 10.2. The second kappa shape index (κ2) is 13.1. The predicted molar refractivity (Wildman–Crippen MR) is 73.9 cm³/mol. The van der Waals surface area contributed by atoms with E-state index in [-0.39, 0.29) is 29.6 Å². The van der Waals surface area contributed by atoms with Crippen molar-refractivity contribution in [2.75, 3.05) is 0 Å². The van der Waals surface area contributed by atoms with E-state index in [4.69, 9.17) is 14.8 Å². The van der Waals surface area contributed by atoms with Gasteiger partial charge in [-0.2, -0.15) is 8.42 Å². The average molecular weight is 332 g/mol. The molecular formula is C12H21NaO7S. The summed E-state index contributed by atoms with van der Waals surface area (Å²) in [6.07, 6.45) is 4.65. The van der Waals surface area contributed by atoms with Gasteiger partial charge in [0.25, 0.3) is 10.1 Å². The number of hydrogen-bond acceptors (Lipinski definition) is 4. The van der Waals surface area contributed by atoms with Crippen molar-refractivity contribution in [1.82, 2.24) is 0 Å². The van der Waals surface area contributed by atoms with E-state index in [0.29, 0.717) is 0 Å². The monoisotopic (exact) mass is 332 g/mol. The van der Waals surface area contributed by atoms with E-state index in [2.05, 4.69) is 19.9 Å². The maximum Gasteiger partial charge on any atom is 1.00 e. The molecule has 0 radical (unpaired) electrons. The van der Waals surface area contributed by atoms with Gasteiger partial charge in [0, 0.05) is 0 Å². The Kier molecular flexibility index (Phi) is 15.9. The Balaban J connectivity index is -0.000000317. The molecule has 0 aliphatic heterocycles. The summed E-state index contributed by atoms with van der Waals surface area (Å²) in [5.41, 5.74) is 1.27. The molecule has 0 aliphatic carbocycles. The van der Waals surface area contributed by atoms with Gasteiger partial charge in [-0.3, -0.25) is 14.1 Å². The first-order valence-corrected chi connectivity index (χ1v) is 7.44. The number of carboxylic acids is 2. The molecule has 0 aromatic heterocycles. The zero-order valence-corrected chi connectivity index (χ0v) is 15.4. The molecule has 0 rings (SSSR count). The van der Waals surface area contributed by atoms with Crippen molar-refractivity contribution in [2.45, 2.75) is 44.8 Å². The van der Waals surface area contributed by atoms with Gasteiger partial charge in [0.1, 0.15) is 0 Å². The van der Waals surface area contributed by atoms with Crippen molar-refractivity contribution in [3.63, 3.8) is 0 Å². The Labute approximate surface area is 147 Å². The van der Waals surface area contributed by atoms with Crippen molar-refractivity contribution >= 4 is 22.1 Å². The number of rotatable bonds is 7. The molecule has 1 atom stereocenters. The van der Waals surface area contributed by atoms with Crippen LogP contribution in [0.2, 0.25) is 0 Å². The van der Waals surface area contributed by atoms with Gasteiger partial charge < -0.3 is 10.2 Å². The smallest absolute Gasteiger partial charge is 0.481 e. The molecule has 0 aromatic rings. The van der Waals surface area contributed by atoms with Crippen LogP contribution in [0, 0.1) is 6.92 Å². The molecule has 0 saturated heterocycles. The van der Waals surface area contributed by atoms with Gasteiger partial charge in [-0.05, 0) is 0 Å². The molecule has 0 fully saturated rings. The molecule has 0 heterocycles. The Morgan fingerprint density at radius 1 is 1.29 bits per heavy atom. The number of carboxylic acid groups (broad SMARTS) is 2. The van der Waals surface area contributed by atoms with Crippen molar-refractivity contribution in [2.24, 2.45) is 0 Å². The van der Waals surface area contributed by atoms with E-state index in [1.807, 2.05) is 6.92 Å². The molecule has 0 bridgehead atoms. The van der Waals surface area contributed by atoms with E-state index in [9.17, 15) is 18.0 Å². The Bertz CT molecular complexity index is 443. The Morgan fingerprint density at radius 2 is 1.76 bits per heavy atom. The van der Waals surface area contributed by atoms with Crippen molar-refractivity contribution in [1.29, 1.82) is 0 Å².